The van der Waals surface area contributed by atoms with Gasteiger partial charge in [0.25, 0.3) is 5.91 Å². The molecule has 0 spiro atoms. The molecule has 0 bridgehead atoms. The Balaban J connectivity index is 1.46. The maximum Gasteiger partial charge on any atom is 0.251 e. The van der Waals surface area contributed by atoms with E-state index in [9.17, 15) is 4.79 Å². The van der Waals surface area contributed by atoms with E-state index in [2.05, 4.69) is 67.3 Å². The molecule has 0 saturated heterocycles. The second-order valence-corrected chi connectivity index (χ2v) is 9.79. The highest BCUT2D eigenvalue weighted by molar-refractivity contribution is 6.29. The van der Waals surface area contributed by atoms with Gasteiger partial charge in [-0.2, -0.15) is 0 Å². The number of fused-ring (bicyclic) bond motifs is 1. The Labute approximate surface area is 194 Å². The van der Waals surface area contributed by atoms with Crippen molar-refractivity contribution in [1.29, 1.82) is 0 Å². The van der Waals surface area contributed by atoms with Crippen LogP contribution in [-0.2, 0) is 6.42 Å². The predicted molar refractivity (Wildman–Crippen MR) is 130 cm³/mol. The van der Waals surface area contributed by atoms with Crippen molar-refractivity contribution in [2.45, 2.75) is 40.5 Å². The number of pyridine rings is 1. The number of aromatic nitrogens is 3. The number of benzene rings is 1. The molecule has 2 aromatic heterocycles. The number of rotatable bonds is 6. The van der Waals surface area contributed by atoms with Crippen LogP contribution in [0.4, 0.5) is 0 Å². The molecule has 1 aliphatic carbocycles. The molecule has 3 unspecified atom stereocenters. The van der Waals surface area contributed by atoms with Gasteiger partial charge in [0.05, 0.1) is 11.0 Å². The maximum atomic E-state index is 12.6. The lowest BCUT2D eigenvalue weighted by atomic mass is 9.69. The minimum absolute atomic E-state index is 0.109. The summed E-state index contributed by atoms with van der Waals surface area (Å²) in [6.07, 6.45) is 5.93. The molecule has 1 aliphatic rings. The zero-order chi connectivity index (χ0) is 22.8. The largest absolute Gasteiger partial charge is 0.351 e. The fraction of sp³-hybridized carbons (Fsp3) is 0.423. The van der Waals surface area contributed by atoms with E-state index < -0.39 is 0 Å². The highest BCUT2D eigenvalue weighted by Gasteiger charge is 2.32. The molecule has 0 fully saturated rings. The second kappa shape index (κ2) is 9.45. The number of carbonyl (C=O) groups excluding carboxylic acids is 1. The minimum Gasteiger partial charge on any atom is -0.351 e. The monoisotopic (exact) mass is 450 g/mol. The molecule has 0 aliphatic heterocycles. The molecule has 0 radical (unpaired) electrons. The van der Waals surface area contributed by atoms with Gasteiger partial charge in [-0.15, -0.1) is 0 Å². The first-order valence-electron chi connectivity index (χ1n) is 11.3. The van der Waals surface area contributed by atoms with Crippen LogP contribution >= 0.6 is 11.6 Å². The van der Waals surface area contributed by atoms with Crippen LogP contribution in [0.3, 0.4) is 0 Å². The van der Waals surface area contributed by atoms with E-state index in [0.717, 1.165) is 29.7 Å². The lowest BCUT2D eigenvalue weighted by molar-refractivity contribution is 0.0939. The average Bonchev–Trinajstić information content (AvgIpc) is 3.14. The van der Waals surface area contributed by atoms with Gasteiger partial charge < -0.3 is 10.3 Å². The van der Waals surface area contributed by atoms with Gasteiger partial charge in [0.1, 0.15) is 11.0 Å². The molecule has 168 valence electrons. The Hall–Kier alpha value is -2.66. The van der Waals surface area contributed by atoms with Gasteiger partial charge in [0.2, 0.25) is 0 Å². The Bertz CT molecular complexity index is 1150. The molecule has 6 heteroatoms. The highest BCUT2D eigenvalue weighted by Crippen LogP contribution is 2.38. The summed E-state index contributed by atoms with van der Waals surface area (Å²) in [4.78, 5) is 24.9. The number of H-pyrrole nitrogens is 1. The van der Waals surface area contributed by atoms with Crippen LogP contribution < -0.4 is 5.32 Å². The summed E-state index contributed by atoms with van der Waals surface area (Å²) in [5, 5.41) is 3.43. The van der Waals surface area contributed by atoms with Crippen LogP contribution in [0.25, 0.3) is 11.0 Å². The smallest absolute Gasteiger partial charge is 0.251 e. The lowest BCUT2D eigenvalue weighted by Crippen LogP contribution is -2.37. The minimum atomic E-state index is -0.109. The first-order valence-corrected chi connectivity index (χ1v) is 11.7. The number of aromatic amines is 1. The van der Waals surface area contributed by atoms with E-state index in [1.807, 2.05) is 0 Å². The van der Waals surface area contributed by atoms with Crippen LogP contribution in [0.15, 0.2) is 48.2 Å². The molecule has 4 rings (SSSR count). The number of hydrogen-bond acceptors (Lipinski definition) is 3. The molecule has 3 aromatic rings. The van der Waals surface area contributed by atoms with Crippen molar-refractivity contribution < 1.29 is 4.79 Å². The molecule has 1 aromatic carbocycles. The van der Waals surface area contributed by atoms with Crippen LogP contribution in [-0.4, -0.2) is 27.4 Å². The molecule has 3 atom stereocenters. The Kier molecular flexibility index (Phi) is 6.66. The van der Waals surface area contributed by atoms with Gasteiger partial charge >= 0.3 is 0 Å². The number of nitrogens with one attached hydrogen (secondary N) is 2. The molecule has 32 heavy (non-hydrogen) atoms. The molecule has 2 heterocycles. The average molecular weight is 451 g/mol. The van der Waals surface area contributed by atoms with E-state index >= 15 is 0 Å². The molecule has 0 saturated carbocycles. The molecule has 1 amide bonds. The number of aryl methyl sites for hydroxylation is 1. The van der Waals surface area contributed by atoms with Crippen molar-refractivity contribution in [2.24, 2.45) is 23.7 Å². The molecular weight excluding hydrogens is 420 g/mol. The predicted octanol–water partition coefficient (Wildman–Crippen LogP) is 5.75. The van der Waals surface area contributed by atoms with Crippen molar-refractivity contribution in [1.82, 2.24) is 20.3 Å². The standard InChI is InChI=1S/C26H31ClN4O/c1-15(2)21-11-19(13-25-30-22-6-5-16(3)9-23(22)31-25)17(4)10-20(21)14-29-26(32)18-7-8-28-24(27)12-18/h5-10,12,15,19-21H,11,13-14H2,1-4H3,(H,29,32)(H,30,31). The number of nitrogens with zero attached hydrogens (tertiary/aromatic N) is 2. The first-order chi connectivity index (χ1) is 15.3. The lowest BCUT2D eigenvalue weighted by Gasteiger charge is -2.37. The maximum absolute atomic E-state index is 12.6. The van der Waals surface area contributed by atoms with Crippen LogP contribution in [0.2, 0.25) is 5.15 Å². The van der Waals surface area contributed by atoms with Crippen LogP contribution in [0.5, 0.6) is 0 Å². The van der Waals surface area contributed by atoms with Crippen molar-refractivity contribution >= 4 is 28.5 Å². The number of carbonyl (C=O) groups is 1. The van der Waals surface area contributed by atoms with Gasteiger partial charge in [-0.25, -0.2) is 9.97 Å². The zero-order valence-electron chi connectivity index (χ0n) is 19.2. The SMILES string of the molecule is CC1=CC(CNC(=O)c2ccnc(Cl)c2)C(C(C)C)CC1Cc1nc2ccc(C)cc2[nH]1. The van der Waals surface area contributed by atoms with E-state index in [0.29, 0.717) is 40.9 Å². The first kappa shape index (κ1) is 22.5. The van der Waals surface area contributed by atoms with Gasteiger partial charge in [-0.3, -0.25) is 4.79 Å². The number of halogens is 1. The van der Waals surface area contributed by atoms with Crippen LogP contribution in [0, 0.1) is 30.6 Å². The van der Waals surface area contributed by atoms with Crippen molar-refractivity contribution in [3.63, 3.8) is 0 Å². The Morgan fingerprint density at radius 2 is 2.06 bits per heavy atom. The number of hydrogen-bond donors (Lipinski definition) is 2. The Morgan fingerprint density at radius 3 is 2.81 bits per heavy atom. The van der Waals surface area contributed by atoms with Crippen molar-refractivity contribution in [3.8, 4) is 0 Å². The number of imidazole rings is 1. The topological polar surface area (TPSA) is 70.7 Å². The Morgan fingerprint density at radius 1 is 1.25 bits per heavy atom. The van der Waals surface area contributed by atoms with E-state index in [-0.39, 0.29) is 5.91 Å². The summed E-state index contributed by atoms with van der Waals surface area (Å²) < 4.78 is 0. The third-order valence-electron chi connectivity index (χ3n) is 6.70. The summed E-state index contributed by atoms with van der Waals surface area (Å²) in [7, 11) is 0. The summed E-state index contributed by atoms with van der Waals surface area (Å²) in [5.41, 5.74) is 5.29. The van der Waals surface area contributed by atoms with Crippen molar-refractivity contribution in [2.75, 3.05) is 6.54 Å². The number of allylic oxidation sites excluding steroid dienone is 1. The van der Waals surface area contributed by atoms with Crippen molar-refractivity contribution in [3.05, 3.63) is 70.3 Å². The van der Waals surface area contributed by atoms with E-state index in [1.54, 1.807) is 18.3 Å². The second-order valence-electron chi connectivity index (χ2n) is 9.40. The van der Waals surface area contributed by atoms with Gasteiger partial charge in [-0.1, -0.05) is 43.2 Å². The fourth-order valence-electron chi connectivity index (χ4n) is 4.87. The zero-order valence-corrected chi connectivity index (χ0v) is 19.9. The molecule has 5 nitrogen and oxygen atoms in total. The van der Waals surface area contributed by atoms with Gasteiger partial charge in [0, 0.05) is 24.7 Å². The van der Waals surface area contributed by atoms with Crippen LogP contribution in [0.1, 0.15) is 48.9 Å². The van der Waals surface area contributed by atoms with Gasteiger partial charge in [0.15, 0.2) is 0 Å². The molecular formula is C26H31ClN4O. The highest BCUT2D eigenvalue weighted by atomic mass is 35.5. The summed E-state index contributed by atoms with van der Waals surface area (Å²) in [6.45, 7) is 9.49. The number of amides is 1. The normalized spacial score (nSPS) is 21.1. The van der Waals surface area contributed by atoms with Gasteiger partial charge in [-0.05, 0) is 73.8 Å². The third kappa shape index (κ3) is 5.04. The third-order valence-corrected chi connectivity index (χ3v) is 6.90. The summed E-state index contributed by atoms with van der Waals surface area (Å²) >= 11 is 5.93. The van der Waals surface area contributed by atoms with E-state index in [4.69, 9.17) is 16.6 Å². The quantitative estimate of drug-likeness (QED) is 0.371. The summed E-state index contributed by atoms with van der Waals surface area (Å²) in [5.74, 6) is 2.73. The summed E-state index contributed by atoms with van der Waals surface area (Å²) in [6, 6.07) is 9.63. The fourth-order valence-corrected chi connectivity index (χ4v) is 5.04. The van der Waals surface area contributed by atoms with E-state index in [1.165, 1.54) is 11.1 Å². The molecule has 2 N–H and O–H groups in total.